The Bertz CT molecular complexity index is 728. The first kappa shape index (κ1) is 23.3. The highest BCUT2D eigenvalue weighted by molar-refractivity contribution is 8.01. The standard InChI is InChI=1S/C20H29FN2O5S2/c21-9-2-1-6-20(7-3-8-20)16(24)5-4-14-12-28-19(27)23(14)10-11-29-18-22-15(13-30-18)17(25)26/h13-14,16,24H,1-12H2,(H,25,26)/t14-,16-/m0/s1. The molecule has 2 fully saturated rings. The van der Waals surface area contributed by atoms with E-state index in [1.807, 2.05) is 0 Å². The van der Waals surface area contributed by atoms with Crippen LogP contribution in [0, 0.1) is 5.41 Å². The lowest BCUT2D eigenvalue weighted by atomic mass is 9.61. The van der Waals surface area contributed by atoms with Gasteiger partial charge in [-0.25, -0.2) is 14.6 Å². The summed E-state index contributed by atoms with van der Waals surface area (Å²) in [6.07, 6.45) is 5.83. The summed E-state index contributed by atoms with van der Waals surface area (Å²) in [4.78, 5) is 28.8. The normalized spacial score (nSPS) is 21.3. The molecular formula is C20H29FN2O5S2. The lowest BCUT2D eigenvalue weighted by Crippen LogP contribution is -2.43. The summed E-state index contributed by atoms with van der Waals surface area (Å²) in [5, 5.41) is 21.2. The van der Waals surface area contributed by atoms with Gasteiger partial charge in [0.2, 0.25) is 0 Å². The van der Waals surface area contributed by atoms with Crippen LogP contribution in [0.3, 0.4) is 0 Å². The molecule has 1 aromatic rings. The predicted octanol–water partition coefficient (Wildman–Crippen LogP) is 4.21. The van der Waals surface area contributed by atoms with Crippen molar-refractivity contribution in [3.8, 4) is 0 Å². The summed E-state index contributed by atoms with van der Waals surface area (Å²) in [7, 11) is 0. The minimum absolute atomic E-state index is 0.0337. The molecular weight excluding hydrogens is 431 g/mol. The number of carbonyl (C=O) groups excluding carboxylic acids is 1. The molecule has 1 aromatic heterocycles. The molecule has 1 aliphatic heterocycles. The number of carbonyl (C=O) groups is 2. The maximum absolute atomic E-state index is 12.4. The van der Waals surface area contributed by atoms with Crippen LogP contribution >= 0.6 is 23.1 Å². The van der Waals surface area contributed by atoms with Crippen LogP contribution in [0.5, 0.6) is 0 Å². The van der Waals surface area contributed by atoms with E-state index in [1.165, 1.54) is 28.5 Å². The molecule has 0 spiro atoms. The number of carboxylic acids is 1. The number of hydrogen-bond acceptors (Lipinski definition) is 7. The molecule has 2 aliphatic rings. The van der Waals surface area contributed by atoms with E-state index < -0.39 is 12.1 Å². The maximum atomic E-state index is 12.4. The number of ether oxygens (including phenoxy) is 1. The number of aliphatic hydroxyl groups is 1. The summed E-state index contributed by atoms with van der Waals surface area (Å²) in [6.45, 7) is 0.499. The molecule has 168 valence electrons. The zero-order chi connectivity index (χ0) is 21.6. The van der Waals surface area contributed by atoms with E-state index in [1.54, 1.807) is 4.90 Å². The van der Waals surface area contributed by atoms with Crippen LogP contribution in [0.15, 0.2) is 9.72 Å². The van der Waals surface area contributed by atoms with Gasteiger partial charge in [-0.05, 0) is 43.9 Å². The first-order valence-corrected chi connectivity index (χ1v) is 12.3. The van der Waals surface area contributed by atoms with Gasteiger partial charge in [-0.1, -0.05) is 24.6 Å². The van der Waals surface area contributed by atoms with Crippen molar-refractivity contribution in [3.05, 3.63) is 11.1 Å². The van der Waals surface area contributed by atoms with Gasteiger partial charge >= 0.3 is 12.1 Å². The Morgan fingerprint density at radius 2 is 2.27 bits per heavy atom. The van der Waals surface area contributed by atoms with E-state index >= 15 is 0 Å². The summed E-state index contributed by atoms with van der Waals surface area (Å²) in [6, 6.07) is -0.0680. The highest BCUT2D eigenvalue weighted by atomic mass is 32.2. The van der Waals surface area contributed by atoms with E-state index in [2.05, 4.69) is 4.98 Å². The molecule has 2 atom stereocenters. The van der Waals surface area contributed by atoms with Crippen LogP contribution in [-0.4, -0.2) is 69.9 Å². The zero-order valence-electron chi connectivity index (χ0n) is 16.9. The molecule has 7 nitrogen and oxygen atoms in total. The number of unbranched alkanes of at least 4 members (excludes halogenated alkanes) is 1. The average Bonchev–Trinajstić information content (AvgIpc) is 3.30. The highest BCUT2D eigenvalue weighted by Gasteiger charge is 2.43. The van der Waals surface area contributed by atoms with E-state index in [4.69, 9.17) is 9.84 Å². The number of thiazole rings is 1. The van der Waals surface area contributed by atoms with Crippen molar-refractivity contribution < 1.29 is 28.9 Å². The molecule has 0 unspecified atom stereocenters. The topological polar surface area (TPSA) is 100.0 Å². The Balaban J connectivity index is 1.45. The number of aliphatic hydroxyl groups excluding tert-OH is 1. The Morgan fingerprint density at radius 3 is 2.90 bits per heavy atom. The van der Waals surface area contributed by atoms with Crippen LogP contribution in [0.2, 0.25) is 0 Å². The Morgan fingerprint density at radius 1 is 1.47 bits per heavy atom. The van der Waals surface area contributed by atoms with E-state index in [0.29, 0.717) is 42.5 Å². The lowest BCUT2D eigenvalue weighted by Gasteiger charge is -2.46. The number of nitrogens with zero attached hydrogens (tertiary/aromatic N) is 2. The number of alkyl halides is 1. The number of amides is 1. The molecule has 2 heterocycles. The van der Waals surface area contributed by atoms with Gasteiger partial charge in [0.25, 0.3) is 0 Å². The van der Waals surface area contributed by atoms with Crippen molar-refractivity contribution in [2.75, 3.05) is 25.6 Å². The summed E-state index contributed by atoms with van der Waals surface area (Å²) in [5.74, 6) is -0.456. The van der Waals surface area contributed by atoms with E-state index in [0.717, 1.165) is 32.1 Å². The number of aromatic carboxylic acids is 1. The third kappa shape index (κ3) is 5.64. The second kappa shape index (κ2) is 10.8. The van der Waals surface area contributed by atoms with Gasteiger partial charge in [-0.3, -0.25) is 4.39 Å². The number of hydrogen-bond donors (Lipinski definition) is 2. The Kier molecular flexibility index (Phi) is 8.35. The molecule has 1 saturated heterocycles. The second-order valence-corrected chi connectivity index (χ2v) is 10.2. The first-order chi connectivity index (χ1) is 14.4. The molecule has 10 heteroatoms. The van der Waals surface area contributed by atoms with Crippen LogP contribution in [0.4, 0.5) is 9.18 Å². The average molecular weight is 461 g/mol. The zero-order valence-corrected chi connectivity index (χ0v) is 18.6. The minimum atomic E-state index is -1.05. The third-order valence-corrected chi connectivity index (χ3v) is 8.22. The van der Waals surface area contributed by atoms with Crippen molar-refractivity contribution in [2.45, 2.75) is 67.9 Å². The van der Waals surface area contributed by atoms with E-state index in [-0.39, 0.29) is 29.9 Å². The molecule has 0 bridgehead atoms. The van der Waals surface area contributed by atoms with Gasteiger partial charge in [0, 0.05) is 17.7 Å². The number of thioether (sulfide) groups is 1. The van der Waals surface area contributed by atoms with Crippen molar-refractivity contribution in [2.24, 2.45) is 5.41 Å². The maximum Gasteiger partial charge on any atom is 0.410 e. The summed E-state index contributed by atoms with van der Waals surface area (Å²) >= 11 is 2.69. The van der Waals surface area contributed by atoms with Crippen molar-refractivity contribution >= 4 is 35.2 Å². The monoisotopic (exact) mass is 460 g/mol. The van der Waals surface area contributed by atoms with E-state index in [9.17, 15) is 19.1 Å². The van der Waals surface area contributed by atoms with Gasteiger partial charge in [0.1, 0.15) is 6.61 Å². The van der Waals surface area contributed by atoms with Gasteiger partial charge in [0.15, 0.2) is 10.0 Å². The SMILES string of the molecule is O=C(O)c1csc(SCCN2C(=O)OC[C@@H]2CC[C@H](O)C2(CCCCF)CCC2)n1. The summed E-state index contributed by atoms with van der Waals surface area (Å²) in [5.41, 5.74) is -0.0437. The van der Waals surface area contributed by atoms with Crippen LogP contribution in [0.25, 0.3) is 0 Å². The minimum Gasteiger partial charge on any atom is -0.476 e. The smallest absolute Gasteiger partial charge is 0.410 e. The van der Waals surface area contributed by atoms with Gasteiger partial charge in [-0.15, -0.1) is 11.3 Å². The number of cyclic esters (lactones) is 1. The van der Waals surface area contributed by atoms with Crippen molar-refractivity contribution in [1.82, 2.24) is 9.88 Å². The molecule has 30 heavy (non-hydrogen) atoms. The third-order valence-electron chi connectivity index (χ3n) is 6.22. The molecule has 1 aliphatic carbocycles. The molecule has 0 radical (unpaired) electrons. The number of carboxylic acid groups (broad SMARTS) is 1. The first-order valence-electron chi connectivity index (χ1n) is 10.4. The molecule has 2 N–H and O–H groups in total. The largest absolute Gasteiger partial charge is 0.476 e. The Labute approximate surface area is 184 Å². The van der Waals surface area contributed by atoms with Gasteiger partial charge < -0.3 is 19.8 Å². The molecule has 3 rings (SSSR count). The quantitative estimate of drug-likeness (QED) is 0.336. The van der Waals surface area contributed by atoms with Gasteiger partial charge in [-0.2, -0.15) is 0 Å². The number of aromatic nitrogens is 1. The summed E-state index contributed by atoms with van der Waals surface area (Å²) < 4.78 is 18.3. The predicted molar refractivity (Wildman–Crippen MR) is 113 cm³/mol. The highest BCUT2D eigenvalue weighted by Crippen LogP contribution is 2.49. The van der Waals surface area contributed by atoms with Crippen LogP contribution in [0.1, 0.15) is 61.9 Å². The van der Waals surface area contributed by atoms with Crippen LogP contribution < -0.4 is 0 Å². The second-order valence-electron chi connectivity index (χ2n) is 8.03. The fraction of sp³-hybridized carbons (Fsp3) is 0.750. The fourth-order valence-electron chi connectivity index (χ4n) is 4.26. The van der Waals surface area contributed by atoms with Crippen molar-refractivity contribution in [3.63, 3.8) is 0 Å². The number of rotatable bonds is 13. The molecule has 1 saturated carbocycles. The van der Waals surface area contributed by atoms with Crippen LogP contribution in [-0.2, 0) is 4.74 Å². The van der Waals surface area contributed by atoms with Gasteiger partial charge in [0.05, 0.1) is 18.8 Å². The lowest BCUT2D eigenvalue weighted by molar-refractivity contribution is -0.0500. The molecule has 0 aromatic carbocycles. The number of halogens is 1. The van der Waals surface area contributed by atoms with Crippen molar-refractivity contribution in [1.29, 1.82) is 0 Å². The fourth-order valence-corrected chi connectivity index (χ4v) is 6.07. The molecule has 1 amide bonds. The Hall–Kier alpha value is -1.39.